The van der Waals surface area contributed by atoms with Gasteiger partial charge in [-0.15, -0.1) is 0 Å². The van der Waals surface area contributed by atoms with Gasteiger partial charge in [-0.3, -0.25) is 10.0 Å². The highest BCUT2D eigenvalue weighted by molar-refractivity contribution is 6.93. The van der Waals surface area contributed by atoms with Crippen molar-refractivity contribution in [2.75, 3.05) is 13.2 Å². The summed E-state index contributed by atoms with van der Waals surface area (Å²) in [5.41, 5.74) is 0. The largest absolute Gasteiger partial charge is 0.383 e. The summed E-state index contributed by atoms with van der Waals surface area (Å²) in [7, 11) is 5.54. The second kappa shape index (κ2) is 7.78. The molecule has 0 atom stereocenters. The second-order valence-corrected chi connectivity index (χ2v) is 3.87. The molecule has 0 aromatic rings. The van der Waals surface area contributed by atoms with E-state index < -0.39 is 0 Å². The molecule has 3 heteroatoms. The first-order chi connectivity index (χ1) is 3.91. The van der Waals surface area contributed by atoms with Gasteiger partial charge in [0.15, 0.2) is 0 Å². The van der Waals surface area contributed by atoms with E-state index in [1.165, 1.54) is 0 Å². The minimum absolute atomic E-state index is 0.267. The molecule has 0 aromatic carbocycles. The van der Waals surface area contributed by atoms with Crippen LogP contribution in [0.15, 0.2) is 0 Å². The van der Waals surface area contributed by atoms with Gasteiger partial charge in [0.05, 0.1) is 0 Å². The van der Waals surface area contributed by atoms with Crippen LogP contribution in [-0.2, 0) is 4.74 Å². The first-order valence-electron chi connectivity index (χ1n) is 3.05. The lowest BCUT2D eigenvalue weighted by Gasteiger charge is -1.96. The van der Waals surface area contributed by atoms with Crippen molar-refractivity contribution < 1.29 is 4.74 Å². The van der Waals surface area contributed by atoms with Crippen LogP contribution in [0.4, 0.5) is 0 Å². The second-order valence-electron chi connectivity index (χ2n) is 1.65. The van der Waals surface area contributed by atoms with Gasteiger partial charge in [0, 0.05) is 13.2 Å². The van der Waals surface area contributed by atoms with E-state index in [1.807, 2.05) is 0 Å². The molecule has 0 spiro atoms. The minimum Gasteiger partial charge on any atom is -0.383 e. The summed E-state index contributed by atoms with van der Waals surface area (Å²) in [5, 5.41) is 1.11. The van der Waals surface area contributed by atoms with Crippen molar-refractivity contribution >= 4 is 24.3 Å². The summed E-state index contributed by atoms with van der Waals surface area (Å²) in [4.78, 5) is 0. The van der Waals surface area contributed by atoms with E-state index in [-0.39, 0.29) is 14.3 Å². The first-order valence-corrected chi connectivity index (χ1v) is 6.19. The number of ether oxygens (including phenoxy) is 1. The van der Waals surface area contributed by atoms with Gasteiger partial charge in [0.2, 0.25) is 0 Å². The van der Waals surface area contributed by atoms with E-state index in [0.29, 0.717) is 0 Å². The molecular formula is C5H12AlClO. The lowest BCUT2D eigenvalue weighted by molar-refractivity contribution is 0.148. The van der Waals surface area contributed by atoms with E-state index in [2.05, 4.69) is 6.92 Å². The van der Waals surface area contributed by atoms with Gasteiger partial charge in [-0.05, 0) is 6.42 Å². The Morgan fingerprint density at radius 3 is 2.75 bits per heavy atom. The van der Waals surface area contributed by atoms with E-state index in [0.717, 1.165) is 24.9 Å². The number of rotatable bonds is 5. The van der Waals surface area contributed by atoms with Crippen LogP contribution in [0.2, 0.25) is 5.28 Å². The molecule has 0 aliphatic rings. The monoisotopic (exact) mass is 150 g/mol. The minimum atomic E-state index is -0.267. The molecule has 0 saturated carbocycles. The quantitative estimate of drug-likeness (QED) is 0.426. The molecule has 0 amide bonds. The molecule has 0 N–H and O–H groups in total. The van der Waals surface area contributed by atoms with Gasteiger partial charge in [-0.2, -0.15) is 0 Å². The molecule has 0 fully saturated rings. The molecule has 0 aliphatic carbocycles. The SMILES string of the molecule is CCCOC[CH2][AlH][Cl]. The van der Waals surface area contributed by atoms with Crippen molar-refractivity contribution in [1.29, 1.82) is 0 Å². The van der Waals surface area contributed by atoms with Crippen molar-refractivity contribution in [3.8, 4) is 0 Å². The molecule has 0 heterocycles. The van der Waals surface area contributed by atoms with E-state index in [9.17, 15) is 0 Å². The Labute approximate surface area is 61.3 Å². The number of halogens is 1. The highest BCUT2D eigenvalue weighted by Gasteiger charge is 1.87. The lowest BCUT2D eigenvalue weighted by Crippen LogP contribution is -1.95. The zero-order valence-electron chi connectivity index (χ0n) is 5.32. The molecule has 0 aliphatic heterocycles. The van der Waals surface area contributed by atoms with Crippen LogP contribution in [0.1, 0.15) is 13.3 Å². The third-order valence-corrected chi connectivity index (χ3v) is 2.13. The Morgan fingerprint density at radius 2 is 2.25 bits per heavy atom. The van der Waals surface area contributed by atoms with E-state index in [4.69, 9.17) is 14.8 Å². The zero-order chi connectivity index (χ0) is 6.24. The molecule has 0 saturated heterocycles. The average molecular weight is 151 g/mol. The highest BCUT2D eigenvalue weighted by Crippen LogP contribution is 1.85. The van der Waals surface area contributed by atoms with Gasteiger partial charge in [-0.1, -0.05) is 12.2 Å². The van der Waals surface area contributed by atoms with Crippen LogP contribution in [0.5, 0.6) is 0 Å². The number of hydrogen-bond donors (Lipinski definition) is 0. The van der Waals surface area contributed by atoms with Crippen LogP contribution in [-0.4, -0.2) is 27.5 Å². The summed E-state index contributed by atoms with van der Waals surface area (Å²) < 4.78 is 5.17. The maximum Gasteiger partial charge on any atom is 0.379 e. The van der Waals surface area contributed by atoms with Crippen molar-refractivity contribution in [2.45, 2.75) is 18.6 Å². The third kappa shape index (κ3) is 6.78. The third-order valence-electron chi connectivity index (χ3n) is 0.771. The standard InChI is InChI=1S/C5H11O.Al.ClH.H/c1-3-5-6-4-2;;;/h2-5H2,1H3;;1H;/q;+1;;/p-1. The Morgan fingerprint density at radius 1 is 1.50 bits per heavy atom. The summed E-state index contributed by atoms with van der Waals surface area (Å²) in [6, 6.07) is 0. The summed E-state index contributed by atoms with van der Waals surface area (Å²) in [6.45, 7) is 3.88. The van der Waals surface area contributed by atoms with Crippen LogP contribution < -0.4 is 0 Å². The Balaban J connectivity index is 2.53. The molecule has 0 aromatic heterocycles. The van der Waals surface area contributed by atoms with Crippen LogP contribution in [0.25, 0.3) is 0 Å². The fraction of sp³-hybridized carbons (Fsp3) is 1.00. The van der Waals surface area contributed by atoms with Crippen molar-refractivity contribution in [1.82, 2.24) is 0 Å². The molecule has 0 rings (SSSR count). The van der Waals surface area contributed by atoms with E-state index >= 15 is 0 Å². The van der Waals surface area contributed by atoms with E-state index in [1.54, 1.807) is 0 Å². The molecule has 0 radical (unpaired) electrons. The zero-order valence-corrected chi connectivity index (χ0v) is 7.49. The normalized spacial score (nSPS) is 9.25. The molecule has 1 nitrogen and oxygen atoms in total. The average Bonchev–Trinajstić information content (AvgIpc) is 1.81. The Hall–Kier alpha value is 0.782. The van der Waals surface area contributed by atoms with Crippen molar-refractivity contribution in [2.24, 2.45) is 0 Å². The first kappa shape index (κ1) is 8.78. The predicted octanol–water partition coefficient (Wildman–Crippen LogP) is 1.42. The molecule has 0 bridgehead atoms. The van der Waals surface area contributed by atoms with Gasteiger partial charge < -0.3 is 4.74 Å². The summed E-state index contributed by atoms with van der Waals surface area (Å²) >= 11 is -0.267. The maximum atomic E-state index is 5.54. The van der Waals surface area contributed by atoms with Gasteiger partial charge in [-0.25, -0.2) is 0 Å². The Bertz CT molecular complexity index is 37.4. The van der Waals surface area contributed by atoms with Gasteiger partial charge in [0.1, 0.15) is 0 Å². The lowest BCUT2D eigenvalue weighted by atomic mass is 10.5. The number of hydrogen-bond acceptors (Lipinski definition) is 1. The van der Waals surface area contributed by atoms with Crippen LogP contribution >= 0.6 is 10.0 Å². The summed E-state index contributed by atoms with van der Waals surface area (Å²) in [6.07, 6.45) is 1.11. The maximum absolute atomic E-state index is 5.54. The highest BCUT2D eigenvalue weighted by atomic mass is 35.6. The van der Waals surface area contributed by atoms with Crippen molar-refractivity contribution in [3.63, 3.8) is 0 Å². The molecular weight excluding hydrogens is 138 g/mol. The molecule has 0 unspecified atom stereocenters. The predicted molar refractivity (Wildman–Crippen MR) is 38.9 cm³/mol. The molecule has 48 valence electrons. The van der Waals surface area contributed by atoms with Crippen LogP contribution in [0, 0.1) is 0 Å². The van der Waals surface area contributed by atoms with Gasteiger partial charge in [0.25, 0.3) is 0 Å². The fourth-order valence-electron chi connectivity index (χ4n) is 0.403. The molecule has 8 heavy (non-hydrogen) atoms. The van der Waals surface area contributed by atoms with Crippen LogP contribution in [0.3, 0.4) is 0 Å². The fourth-order valence-corrected chi connectivity index (χ4v) is 1.04. The summed E-state index contributed by atoms with van der Waals surface area (Å²) in [5.74, 6) is 0. The van der Waals surface area contributed by atoms with Gasteiger partial charge >= 0.3 is 14.3 Å². The van der Waals surface area contributed by atoms with Crippen molar-refractivity contribution in [3.05, 3.63) is 0 Å². The Kier molecular flexibility index (Phi) is 8.54. The topological polar surface area (TPSA) is 9.23 Å². The smallest absolute Gasteiger partial charge is 0.379 e.